The van der Waals surface area contributed by atoms with Gasteiger partial charge in [0.15, 0.2) is 0 Å². The molecule has 0 saturated carbocycles. The lowest BCUT2D eigenvalue weighted by atomic mass is 10.0. The molecule has 1 fully saturated rings. The Kier molecular flexibility index (Phi) is 4.37. The number of nitrogens with zero attached hydrogens (tertiary/aromatic N) is 1. The van der Waals surface area contributed by atoms with Crippen LogP contribution in [0.15, 0.2) is 12.1 Å². The molecule has 22 heavy (non-hydrogen) atoms. The van der Waals surface area contributed by atoms with E-state index >= 15 is 0 Å². The largest absolute Gasteiger partial charge is 0.433 e. The fraction of sp³-hybridized carbons (Fsp3) is 0.583. The van der Waals surface area contributed by atoms with Gasteiger partial charge in [0, 0.05) is 6.42 Å². The minimum Gasteiger partial charge on any atom is -0.394 e. The Balaban J connectivity index is 2.47. The summed E-state index contributed by atoms with van der Waals surface area (Å²) in [6, 6.07) is 0.522. The van der Waals surface area contributed by atoms with Crippen molar-refractivity contribution in [3.63, 3.8) is 0 Å². The second-order valence-corrected chi connectivity index (χ2v) is 4.77. The van der Waals surface area contributed by atoms with Gasteiger partial charge in [-0.05, 0) is 12.1 Å². The van der Waals surface area contributed by atoms with Crippen molar-refractivity contribution in [1.29, 1.82) is 0 Å². The van der Waals surface area contributed by atoms with Crippen LogP contribution < -0.4 is 0 Å². The quantitative estimate of drug-likeness (QED) is 0.817. The van der Waals surface area contributed by atoms with Crippen molar-refractivity contribution in [2.75, 3.05) is 6.61 Å². The van der Waals surface area contributed by atoms with Crippen LogP contribution in [0.5, 0.6) is 0 Å². The normalized spacial score (nSPS) is 26.5. The maximum Gasteiger partial charge on any atom is 0.433 e. The van der Waals surface area contributed by atoms with E-state index in [4.69, 9.17) is 9.84 Å². The zero-order valence-electron chi connectivity index (χ0n) is 10.8. The predicted molar refractivity (Wildman–Crippen MR) is 59.6 cm³/mol. The average Bonchev–Trinajstić information content (AvgIpc) is 2.77. The van der Waals surface area contributed by atoms with E-state index in [1.807, 2.05) is 0 Å². The summed E-state index contributed by atoms with van der Waals surface area (Å²) in [5.74, 6) is 0. The highest BCUT2D eigenvalue weighted by Gasteiger charge is 2.43. The van der Waals surface area contributed by atoms with Crippen LogP contribution in [0.3, 0.4) is 0 Å². The Labute approximate surface area is 120 Å². The van der Waals surface area contributed by atoms with E-state index in [0.717, 1.165) is 0 Å². The third kappa shape index (κ3) is 3.33. The van der Waals surface area contributed by atoms with E-state index in [1.165, 1.54) is 0 Å². The SMILES string of the molecule is OC[C@H]1O[C@H](c2nc(C(F)(F)F)ccc2C(F)(F)F)C[C@@H]1O. The van der Waals surface area contributed by atoms with E-state index in [2.05, 4.69) is 4.98 Å². The summed E-state index contributed by atoms with van der Waals surface area (Å²) in [5.41, 5.74) is -3.80. The summed E-state index contributed by atoms with van der Waals surface area (Å²) in [6.07, 6.45) is -14.1. The van der Waals surface area contributed by atoms with Crippen LogP contribution in [-0.2, 0) is 17.1 Å². The first-order chi connectivity index (χ1) is 10.0. The number of halogens is 6. The Morgan fingerprint density at radius 1 is 1.14 bits per heavy atom. The van der Waals surface area contributed by atoms with Gasteiger partial charge < -0.3 is 14.9 Å². The number of aliphatic hydroxyl groups is 2. The predicted octanol–water partition coefficient (Wildman–Crippen LogP) is 2.30. The van der Waals surface area contributed by atoms with Crippen molar-refractivity contribution in [2.24, 2.45) is 0 Å². The average molecular weight is 331 g/mol. The first-order valence-corrected chi connectivity index (χ1v) is 6.13. The van der Waals surface area contributed by atoms with Crippen LogP contribution in [-0.4, -0.2) is 34.0 Å². The summed E-state index contributed by atoms with van der Waals surface area (Å²) < 4.78 is 81.6. The molecule has 0 spiro atoms. The molecule has 0 aliphatic carbocycles. The maximum absolute atomic E-state index is 12.9. The summed E-state index contributed by atoms with van der Waals surface area (Å²) in [7, 11) is 0. The van der Waals surface area contributed by atoms with Gasteiger partial charge in [0.2, 0.25) is 0 Å². The number of alkyl halides is 6. The number of rotatable bonds is 2. The van der Waals surface area contributed by atoms with Gasteiger partial charge in [-0.2, -0.15) is 26.3 Å². The molecule has 0 unspecified atom stereocenters. The van der Waals surface area contributed by atoms with Gasteiger partial charge >= 0.3 is 12.4 Å². The number of ether oxygens (including phenoxy) is 1. The highest BCUT2D eigenvalue weighted by Crippen LogP contribution is 2.41. The molecule has 1 saturated heterocycles. The van der Waals surface area contributed by atoms with Gasteiger partial charge in [-0.1, -0.05) is 0 Å². The Hall–Kier alpha value is -1.39. The molecule has 1 aliphatic heterocycles. The standard InChI is InChI=1S/C12H11F6NO3/c13-11(14,15)5-1-2-9(12(16,17)18)19-10(5)7-3-6(21)8(4-20)22-7/h1-2,6-8,20-21H,3-4H2/t6-,7-,8+/m0/s1. The Morgan fingerprint density at radius 3 is 2.23 bits per heavy atom. The van der Waals surface area contributed by atoms with E-state index in [9.17, 15) is 31.4 Å². The van der Waals surface area contributed by atoms with Crippen LogP contribution in [0, 0.1) is 0 Å². The molecular formula is C12H11F6NO3. The van der Waals surface area contributed by atoms with Crippen molar-refractivity contribution >= 4 is 0 Å². The van der Waals surface area contributed by atoms with Gasteiger partial charge in [-0.15, -0.1) is 0 Å². The molecule has 10 heteroatoms. The van der Waals surface area contributed by atoms with E-state index in [1.54, 1.807) is 0 Å². The summed E-state index contributed by atoms with van der Waals surface area (Å²) >= 11 is 0. The van der Waals surface area contributed by atoms with Crippen molar-refractivity contribution < 1.29 is 41.3 Å². The van der Waals surface area contributed by atoms with Gasteiger partial charge in [0.05, 0.1) is 24.0 Å². The first kappa shape index (κ1) is 17.0. The lowest BCUT2D eigenvalue weighted by Gasteiger charge is -2.18. The summed E-state index contributed by atoms with van der Waals surface area (Å²) in [5, 5.41) is 18.4. The van der Waals surface area contributed by atoms with Crippen molar-refractivity contribution in [1.82, 2.24) is 4.98 Å². The maximum atomic E-state index is 12.9. The minimum atomic E-state index is -4.92. The van der Waals surface area contributed by atoms with Crippen molar-refractivity contribution in [2.45, 2.75) is 37.1 Å². The number of pyridine rings is 1. The monoisotopic (exact) mass is 331 g/mol. The van der Waals surface area contributed by atoms with Gasteiger partial charge in [-0.3, -0.25) is 0 Å². The van der Waals surface area contributed by atoms with E-state index < -0.39 is 54.2 Å². The summed E-state index contributed by atoms with van der Waals surface area (Å²) in [6.45, 7) is -0.669. The third-order valence-electron chi connectivity index (χ3n) is 3.23. The van der Waals surface area contributed by atoms with E-state index in [0.29, 0.717) is 0 Å². The number of aromatic nitrogens is 1. The topological polar surface area (TPSA) is 62.6 Å². The molecule has 0 aromatic carbocycles. The number of hydrogen-bond acceptors (Lipinski definition) is 4. The second kappa shape index (κ2) is 5.67. The van der Waals surface area contributed by atoms with Gasteiger partial charge in [0.25, 0.3) is 0 Å². The number of aliphatic hydroxyl groups excluding tert-OH is 2. The highest BCUT2D eigenvalue weighted by molar-refractivity contribution is 5.29. The van der Waals surface area contributed by atoms with E-state index in [-0.39, 0.29) is 18.6 Å². The lowest BCUT2D eigenvalue weighted by Crippen LogP contribution is -2.24. The minimum absolute atomic E-state index is 0.237. The molecule has 2 N–H and O–H groups in total. The Bertz CT molecular complexity index is 545. The van der Waals surface area contributed by atoms with Crippen LogP contribution in [0.2, 0.25) is 0 Å². The smallest absolute Gasteiger partial charge is 0.394 e. The highest BCUT2D eigenvalue weighted by atomic mass is 19.4. The first-order valence-electron chi connectivity index (χ1n) is 6.13. The van der Waals surface area contributed by atoms with Crippen molar-refractivity contribution in [3.05, 3.63) is 29.1 Å². The fourth-order valence-electron chi connectivity index (χ4n) is 2.19. The zero-order valence-corrected chi connectivity index (χ0v) is 10.8. The van der Waals surface area contributed by atoms with Crippen LogP contribution in [0.25, 0.3) is 0 Å². The third-order valence-corrected chi connectivity index (χ3v) is 3.23. The van der Waals surface area contributed by atoms with Crippen LogP contribution >= 0.6 is 0 Å². The zero-order chi connectivity index (χ0) is 16.7. The molecule has 124 valence electrons. The molecule has 4 nitrogen and oxygen atoms in total. The molecule has 1 aromatic rings. The van der Waals surface area contributed by atoms with Crippen LogP contribution in [0.1, 0.15) is 29.5 Å². The summed E-state index contributed by atoms with van der Waals surface area (Å²) in [4.78, 5) is 3.03. The molecule has 0 amide bonds. The molecule has 0 radical (unpaired) electrons. The van der Waals surface area contributed by atoms with Crippen molar-refractivity contribution in [3.8, 4) is 0 Å². The number of hydrogen-bond donors (Lipinski definition) is 2. The fourth-order valence-corrected chi connectivity index (χ4v) is 2.19. The molecular weight excluding hydrogens is 320 g/mol. The second-order valence-electron chi connectivity index (χ2n) is 4.77. The van der Waals surface area contributed by atoms with Gasteiger partial charge in [-0.25, -0.2) is 4.98 Å². The molecule has 2 heterocycles. The molecule has 1 aromatic heterocycles. The van der Waals surface area contributed by atoms with Crippen LogP contribution in [0.4, 0.5) is 26.3 Å². The molecule has 0 bridgehead atoms. The molecule has 2 rings (SSSR count). The lowest BCUT2D eigenvalue weighted by molar-refractivity contribution is -0.146. The van der Waals surface area contributed by atoms with Gasteiger partial charge in [0.1, 0.15) is 17.9 Å². The molecule has 1 aliphatic rings. The molecule has 3 atom stereocenters. The Morgan fingerprint density at radius 2 is 1.77 bits per heavy atom.